The van der Waals surface area contributed by atoms with E-state index >= 15 is 0 Å². The third kappa shape index (κ3) is 4.44. The lowest BCUT2D eigenvalue weighted by Gasteiger charge is -2.30. The number of alkyl halides is 3. The van der Waals surface area contributed by atoms with Crippen LogP contribution in [0, 0.1) is 12.8 Å². The summed E-state index contributed by atoms with van der Waals surface area (Å²) >= 11 is 0. The number of aromatic nitrogens is 3. The molecule has 2 aromatic heterocycles. The largest absolute Gasteiger partial charge is 0.493 e. The van der Waals surface area contributed by atoms with Crippen LogP contribution < -0.4 is 10.1 Å². The van der Waals surface area contributed by atoms with Gasteiger partial charge in [-0.1, -0.05) is 32.0 Å². The zero-order valence-electron chi connectivity index (χ0n) is 20.7. The minimum Gasteiger partial charge on any atom is -0.493 e. The zero-order chi connectivity index (χ0) is 25.6. The number of nitrogens with one attached hydrogen (secondary N) is 1. The van der Waals surface area contributed by atoms with Crippen LogP contribution in [0.3, 0.4) is 0 Å². The first-order valence-corrected chi connectivity index (χ1v) is 12.6. The van der Waals surface area contributed by atoms with E-state index in [1.807, 2.05) is 45.0 Å². The Morgan fingerprint density at radius 1 is 1.14 bits per heavy atom. The molecule has 3 aromatic rings. The molecule has 0 spiro atoms. The SMILES string of the molecule is Cc1nc2c(C(C)C)c(C(=O)N[C@H]3CCOc4ccccc43)cnn2c1[C@H]1CC[C@@H](C(F)(F)F)CC1. The Bertz CT molecular complexity index is 1280. The number of carbonyl (C=O) groups is 1. The molecule has 1 aliphatic heterocycles. The first-order chi connectivity index (χ1) is 17.1. The van der Waals surface area contributed by atoms with Gasteiger partial charge in [-0.05, 0) is 44.6 Å². The highest BCUT2D eigenvalue weighted by molar-refractivity contribution is 5.97. The highest BCUT2D eigenvalue weighted by Crippen LogP contribution is 2.44. The minimum atomic E-state index is -4.14. The number of imidazole rings is 1. The molecule has 36 heavy (non-hydrogen) atoms. The van der Waals surface area contributed by atoms with Gasteiger partial charge in [0.25, 0.3) is 5.91 Å². The summed E-state index contributed by atoms with van der Waals surface area (Å²) in [5.41, 5.74) is 4.44. The van der Waals surface area contributed by atoms with E-state index in [9.17, 15) is 18.0 Å². The molecule has 3 heterocycles. The van der Waals surface area contributed by atoms with Crippen molar-refractivity contribution in [2.75, 3.05) is 6.61 Å². The number of nitrogens with zero attached hydrogens (tertiary/aromatic N) is 3. The lowest BCUT2D eigenvalue weighted by molar-refractivity contribution is -0.182. The number of ether oxygens (including phenoxy) is 1. The molecule has 6 nitrogen and oxygen atoms in total. The van der Waals surface area contributed by atoms with Gasteiger partial charge in [-0.15, -0.1) is 0 Å². The lowest BCUT2D eigenvalue weighted by Crippen LogP contribution is -2.33. The van der Waals surface area contributed by atoms with Gasteiger partial charge < -0.3 is 10.1 Å². The second-order valence-corrected chi connectivity index (χ2v) is 10.2. The van der Waals surface area contributed by atoms with Gasteiger partial charge in [0.05, 0.1) is 41.7 Å². The maximum Gasteiger partial charge on any atom is 0.391 e. The summed E-state index contributed by atoms with van der Waals surface area (Å²) in [5, 5.41) is 7.75. The summed E-state index contributed by atoms with van der Waals surface area (Å²) in [6.07, 6.45) is -0.769. The van der Waals surface area contributed by atoms with Gasteiger partial charge in [0.2, 0.25) is 0 Å². The third-order valence-electron chi connectivity index (χ3n) is 7.57. The van der Waals surface area contributed by atoms with Crippen LogP contribution >= 0.6 is 0 Å². The fourth-order valence-corrected chi connectivity index (χ4v) is 5.77. The Labute approximate surface area is 208 Å². The summed E-state index contributed by atoms with van der Waals surface area (Å²) in [6, 6.07) is 7.53. The van der Waals surface area contributed by atoms with E-state index in [0.29, 0.717) is 37.1 Å². The van der Waals surface area contributed by atoms with Gasteiger partial charge in [0.1, 0.15) is 5.75 Å². The zero-order valence-corrected chi connectivity index (χ0v) is 20.7. The third-order valence-corrected chi connectivity index (χ3v) is 7.57. The molecule has 1 amide bonds. The van der Waals surface area contributed by atoms with Crippen molar-refractivity contribution in [2.45, 2.75) is 76.9 Å². The summed E-state index contributed by atoms with van der Waals surface area (Å²) in [5.74, 6) is -0.722. The average molecular weight is 501 g/mol. The van der Waals surface area contributed by atoms with Crippen molar-refractivity contribution in [1.82, 2.24) is 19.9 Å². The Morgan fingerprint density at radius 3 is 2.56 bits per heavy atom. The maximum atomic E-state index is 13.5. The molecular weight excluding hydrogens is 469 g/mol. The van der Waals surface area contributed by atoms with Gasteiger partial charge in [-0.2, -0.15) is 18.3 Å². The molecule has 1 aliphatic carbocycles. The summed E-state index contributed by atoms with van der Waals surface area (Å²) in [4.78, 5) is 18.3. The van der Waals surface area contributed by atoms with Gasteiger partial charge in [0, 0.05) is 23.5 Å². The fraction of sp³-hybridized carbons (Fsp3) is 0.519. The number of hydrogen-bond donors (Lipinski definition) is 1. The van der Waals surface area contributed by atoms with E-state index in [1.165, 1.54) is 0 Å². The monoisotopic (exact) mass is 500 g/mol. The van der Waals surface area contributed by atoms with Crippen LogP contribution in [0.15, 0.2) is 30.5 Å². The minimum absolute atomic E-state index is 0.00570. The van der Waals surface area contributed by atoms with Crippen LogP contribution in [0.5, 0.6) is 5.75 Å². The molecule has 0 unspecified atom stereocenters. The second kappa shape index (κ2) is 9.41. The molecule has 9 heteroatoms. The first-order valence-electron chi connectivity index (χ1n) is 12.6. The van der Waals surface area contributed by atoms with Crippen molar-refractivity contribution in [3.05, 3.63) is 58.5 Å². The standard InChI is InChI=1S/C27H31F3N4O2/c1-15(2)23-20(26(35)33-21-12-13-36-22-7-5-4-6-19(21)22)14-31-34-24(16(3)32-25(23)34)17-8-10-18(11-9-17)27(28,29)30/h4-7,14-15,17-18,21H,8-13H2,1-3H3,(H,33,35)/t17-,18+,21-/m0/s1. The molecule has 0 bridgehead atoms. The van der Waals surface area contributed by atoms with E-state index in [-0.39, 0.29) is 36.6 Å². The molecule has 1 atom stereocenters. The predicted octanol–water partition coefficient (Wildman–Crippen LogP) is 6.25. The quantitative estimate of drug-likeness (QED) is 0.460. The van der Waals surface area contributed by atoms with E-state index in [1.54, 1.807) is 10.7 Å². The van der Waals surface area contributed by atoms with Crippen LogP contribution in [0.1, 0.15) is 96.7 Å². The molecule has 5 rings (SSSR count). The van der Waals surface area contributed by atoms with Gasteiger partial charge in [-0.3, -0.25) is 4.79 Å². The Kier molecular flexibility index (Phi) is 6.43. The molecule has 1 N–H and O–H groups in total. The Morgan fingerprint density at radius 2 is 1.86 bits per heavy atom. The van der Waals surface area contributed by atoms with Crippen LogP contribution in [0.2, 0.25) is 0 Å². The average Bonchev–Trinajstić information content (AvgIpc) is 3.18. The van der Waals surface area contributed by atoms with E-state index in [0.717, 1.165) is 28.3 Å². The smallest absolute Gasteiger partial charge is 0.391 e. The highest BCUT2D eigenvalue weighted by atomic mass is 19.4. The van der Waals surface area contributed by atoms with E-state index in [4.69, 9.17) is 9.72 Å². The van der Waals surface area contributed by atoms with Crippen LogP contribution in [-0.4, -0.2) is 33.3 Å². The van der Waals surface area contributed by atoms with Crippen molar-refractivity contribution in [1.29, 1.82) is 0 Å². The highest BCUT2D eigenvalue weighted by Gasteiger charge is 2.42. The number of benzene rings is 1. The van der Waals surface area contributed by atoms with Crippen LogP contribution in [-0.2, 0) is 0 Å². The summed E-state index contributed by atoms with van der Waals surface area (Å²) in [7, 11) is 0. The molecule has 0 saturated heterocycles. The summed E-state index contributed by atoms with van der Waals surface area (Å²) in [6.45, 7) is 6.42. The predicted molar refractivity (Wildman–Crippen MR) is 129 cm³/mol. The van der Waals surface area contributed by atoms with Gasteiger partial charge in [-0.25, -0.2) is 9.50 Å². The number of fused-ring (bicyclic) bond motifs is 2. The molecule has 1 fully saturated rings. The topological polar surface area (TPSA) is 68.5 Å². The molecule has 192 valence electrons. The van der Waals surface area contributed by atoms with E-state index < -0.39 is 12.1 Å². The molecular formula is C27H31F3N4O2. The number of halogens is 3. The molecule has 1 saturated carbocycles. The number of hydrogen-bond acceptors (Lipinski definition) is 4. The fourth-order valence-electron chi connectivity index (χ4n) is 5.77. The van der Waals surface area contributed by atoms with Gasteiger partial charge in [0.15, 0.2) is 5.65 Å². The van der Waals surface area contributed by atoms with Crippen molar-refractivity contribution >= 4 is 11.6 Å². The summed E-state index contributed by atoms with van der Waals surface area (Å²) < 4.78 is 47.0. The molecule has 0 radical (unpaired) electrons. The van der Waals surface area contributed by atoms with Gasteiger partial charge >= 0.3 is 6.18 Å². The Balaban J connectivity index is 1.46. The van der Waals surface area contributed by atoms with Crippen molar-refractivity contribution in [3.8, 4) is 5.75 Å². The number of aryl methyl sites for hydroxylation is 1. The normalized spacial score (nSPS) is 22.4. The lowest BCUT2D eigenvalue weighted by atomic mass is 9.80. The van der Waals surface area contributed by atoms with Crippen molar-refractivity contribution in [2.24, 2.45) is 5.92 Å². The van der Waals surface area contributed by atoms with Crippen molar-refractivity contribution in [3.63, 3.8) is 0 Å². The number of para-hydroxylation sites is 1. The number of carbonyl (C=O) groups excluding carboxylic acids is 1. The maximum absolute atomic E-state index is 13.5. The molecule has 1 aromatic carbocycles. The number of rotatable bonds is 4. The Hall–Kier alpha value is -3.10. The second-order valence-electron chi connectivity index (χ2n) is 10.2. The van der Waals surface area contributed by atoms with Crippen molar-refractivity contribution < 1.29 is 22.7 Å². The molecule has 2 aliphatic rings. The number of amides is 1. The van der Waals surface area contributed by atoms with Crippen LogP contribution in [0.25, 0.3) is 5.65 Å². The first kappa shape index (κ1) is 24.6. The van der Waals surface area contributed by atoms with Crippen LogP contribution in [0.4, 0.5) is 13.2 Å². The van der Waals surface area contributed by atoms with E-state index in [2.05, 4.69) is 10.4 Å².